The molecule has 1 atom stereocenters. The number of carbonyl (C=O) groups is 2. The monoisotopic (exact) mass is 282 g/mol. The number of hydrogen-bond donors (Lipinski definition) is 2. The Morgan fingerprint density at radius 3 is 2.10 bits per heavy atom. The minimum absolute atomic E-state index is 0.205. The van der Waals surface area contributed by atoms with Gasteiger partial charge in [0.2, 0.25) is 5.91 Å². The smallest absolute Gasteiger partial charge is 0.251 e. The van der Waals surface area contributed by atoms with Crippen LogP contribution in [-0.2, 0) is 11.2 Å². The van der Waals surface area contributed by atoms with Crippen molar-refractivity contribution >= 4 is 11.8 Å². The number of amides is 2. The van der Waals surface area contributed by atoms with E-state index in [4.69, 9.17) is 0 Å². The Bertz CT molecular complexity index is 597. The fraction of sp³-hybridized carbons (Fsp3) is 0.176. The van der Waals surface area contributed by atoms with Gasteiger partial charge in [0.1, 0.15) is 6.04 Å². The highest BCUT2D eigenvalue weighted by Crippen LogP contribution is 2.05. The van der Waals surface area contributed by atoms with E-state index in [0.29, 0.717) is 12.0 Å². The van der Waals surface area contributed by atoms with Gasteiger partial charge in [-0.3, -0.25) is 9.59 Å². The molecule has 21 heavy (non-hydrogen) atoms. The lowest BCUT2D eigenvalue weighted by Gasteiger charge is -2.17. The lowest BCUT2D eigenvalue weighted by atomic mass is 10.0. The molecule has 2 N–H and O–H groups in total. The molecule has 0 saturated carbocycles. The van der Waals surface area contributed by atoms with Crippen LogP contribution in [0.5, 0.6) is 0 Å². The Hall–Kier alpha value is -2.62. The van der Waals surface area contributed by atoms with Gasteiger partial charge in [0, 0.05) is 19.0 Å². The fourth-order valence-corrected chi connectivity index (χ4v) is 2.06. The van der Waals surface area contributed by atoms with Gasteiger partial charge in [-0.1, -0.05) is 48.5 Å². The minimum atomic E-state index is -0.592. The summed E-state index contributed by atoms with van der Waals surface area (Å²) in [6.07, 6.45) is 0.457. The van der Waals surface area contributed by atoms with Crippen molar-refractivity contribution in [2.45, 2.75) is 12.5 Å². The number of hydrogen-bond acceptors (Lipinski definition) is 2. The zero-order valence-corrected chi connectivity index (χ0v) is 11.9. The number of rotatable bonds is 5. The molecule has 0 unspecified atom stereocenters. The van der Waals surface area contributed by atoms with Gasteiger partial charge in [0.25, 0.3) is 5.91 Å². The van der Waals surface area contributed by atoms with Crippen LogP contribution >= 0.6 is 0 Å². The molecule has 0 spiro atoms. The molecule has 108 valence electrons. The second-order valence-electron chi connectivity index (χ2n) is 4.70. The minimum Gasteiger partial charge on any atom is -0.357 e. The molecule has 0 saturated heterocycles. The predicted octanol–water partition coefficient (Wildman–Crippen LogP) is 1.77. The molecule has 4 heteroatoms. The molecule has 2 rings (SSSR count). The van der Waals surface area contributed by atoms with Gasteiger partial charge < -0.3 is 10.6 Å². The maximum atomic E-state index is 12.2. The fourth-order valence-electron chi connectivity index (χ4n) is 2.06. The molecule has 2 aromatic rings. The van der Waals surface area contributed by atoms with E-state index in [2.05, 4.69) is 10.6 Å². The van der Waals surface area contributed by atoms with Crippen molar-refractivity contribution in [3.05, 3.63) is 71.8 Å². The molecule has 2 aromatic carbocycles. The molecule has 0 aliphatic heterocycles. The summed E-state index contributed by atoms with van der Waals surface area (Å²) in [5.74, 6) is -0.455. The summed E-state index contributed by atoms with van der Waals surface area (Å²) < 4.78 is 0. The Balaban J connectivity index is 2.10. The zero-order valence-electron chi connectivity index (χ0n) is 11.9. The van der Waals surface area contributed by atoms with Crippen LogP contribution in [0.1, 0.15) is 15.9 Å². The van der Waals surface area contributed by atoms with Crippen molar-refractivity contribution < 1.29 is 9.59 Å². The van der Waals surface area contributed by atoms with Crippen LogP contribution in [0, 0.1) is 0 Å². The van der Waals surface area contributed by atoms with Crippen molar-refractivity contribution in [3.8, 4) is 0 Å². The Morgan fingerprint density at radius 1 is 0.952 bits per heavy atom. The summed E-state index contributed by atoms with van der Waals surface area (Å²) >= 11 is 0. The van der Waals surface area contributed by atoms with Crippen molar-refractivity contribution in [1.82, 2.24) is 10.6 Å². The van der Waals surface area contributed by atoms with Gasteiger partial charge >= 0.3 is 0 Å². The van der Waals surface area contributed by atoms with Crippen molar-refractivity contribution in [2.24, 2.45) is 0 Å². The molecule has 0 bridgehead atoms. The lowest BCUT2D eigenvalue weighted by molar-refractivity contribution is -0.122. The lowest BCUT2D eigenvalue weighted by Crippen LogP contribution is -2.47. The third-order valence-electron chi connectivity index (χ3n) is 3.19. The largest absolute Gasteiger partial charge is 0.357 e. The summed E-state index contributed by atoms with van der Waals surface area (Å²) in [6, 6.07) is 17.9. The molecule has 0 aliphatic carbocycles. The van der Waals surface area contributed by atoms with E-state index >= 15 is 0 Å². The van der Waals surface area contributed by atoms with Gasteiger partial charge in [0.05, 0.1) is 0 Å². The molecule has 0 fully saturated rings. The number of nitrogens with one attached hydrogen (secondary N) is 2. The third kappa shape index (κ3) is 4.18. The molecule has 0 aliphatic rings. The quantitative estimate of drug-likeness (QED) is 0.878. The van der Waals surface area contributed by atoms with Gasteiger partial charge in [-0.15, -0.1) is 0 Å². The van der Waals surface area contributed by atoms with Crippen LogP contribution in [0.15, 0.2) is 60.7 Å². The Morgan fingerprint density at radius 2 is 1.52 bits per heavy atom. The van der Waals surface area contributed by atoms with Crippen molar-refractivity contribution in [1.29, 1.82) is 0 Å². The third-order valence-corrected chi connectivity index (χ3v) is 3.19. The highest BCUT2D eigenvalue weighted by Gasteiger charge is 2.20. The average molecular weight is 282 g/mol. The summed E-state index contributed by atoms with van der Waals surface area (Å²) in [4.78, 5) is 24.1. The summed E-state index contributed by atoms with van der Waals surface area (Å²) in [5, 5.41) is 5.37. The maximum absolute atomic E-state index is 12.2. The first-order valence-corrected chi connectivity index (χ1v) is 6.82. The van der Waals surface area contributed by atoms with E-state index < -0.39 is 6.04 Å². The number of benzene rings is 2. The topological polar surface area (TPSA) is 58.2 Å². The highest BCUT2D eigenvalue weighted by atomic mass is 16.2. The number of likely N-dealkylation sites (N-methyl/N-ethyl adjacent to an activating group) is 1. The average Bonchev–Trinajstić information content (AvgIpc) is 2.55. The normalized spacial score (nSPS) is 11.5. The van der Waals surface area contributed by atoms with Crippen molar-refractivity contribution in [2.75, 3.05) is 7.05 Å². The molecule has 4 nitrogen and oxygen atoms in total. The summed E-state index contributed by atoms with van der Waals surface area (Å²) in [7, 11) is 1.56. The first kappa shape index (κ1) is 14.8. The molecular weight excluding hydrogens is 264 g/mol. The molecule has 0 radical (unpaired) electrons. The van der Waals surface area contributed by atoms with Gasteiger partial charge in [-0.25, -0.2) is 0 Å². The molecule has 0 heterocycles. The van der Waals surface area contributed by atoms with E-state index in [9.17, 15) is 9.59 Å². The SMILES string of the molecule is CNC(=O)[C@H](Cc1ccccc1)NC(=O)c1ccccc1. The van der Waals surface area contributed by atoms with Gasteiger partial charge in [-0.05, 0) is 17.7 Å². The van der Waals surface area contributed by atoms with E-state index in [-0.39, 0.29) is 11.8 Å². The molecule has 2 amide bonds. The Labute approximate surface area is 124 Å². The summed E-state index contributed by atoms with van der Waals surface area (Å²) in [6.45, 7) is 0. The molecule has 0 aromatic heterocycles. The second kappa shape index (κ2) is 7.24. The van der Waals surface area contributed by atoms with Gasteiger partial charge in [0.15, 0.2) is 0 Å². The van der Waals surface area contributed by atoms with Gasteiger partial charge in [-0.2, -0.15) is 0 Å². The van der Waals surface area contributed by atoms with E-state index in [1.165, 1.54) is 0 Å². The van der Waals surface area contributed by atoms with E-state index in [0.717, 1.165) is 5.56 Å². The first-order valence-electron chi connectivity index (χ1n) is 6.82. The highest BCUT2D eigenvalue weighted by molar-refractivity contribution is 5.97. The van der Waals surface area contributed by atoms with Crippen LogP contribution in [0.4, 0.5) is 0 Å². The predicted molar refractivity (Wildman–Crippen MR) is 81.9 cm³/mol. The van der Waals surface area contributed by atoms with Crippen LogP contribution in [0.2, 0.25) is 0 Å². The standard InChI is InChI=1S/C17H18N2O2/c1-18-17(21)15(12-13-8-4-2-5-9-13)19-16(20)14-10-6-3-7-11-14/h2-11,15H,12H2,1H3,(H,18,21)(H,19,20)/t15-/m0/s1. The van der Waals surface area contributed by atoms with Crippen LogP contribution in [0.25, 0.3) is 0 Å². The zero-order chi connectivity index (χ0) is 15.1. The first-order chi connectivity index (χ1) is 10.2. The Kier molecular flexibility index (Phi) is 5.10. The maximum Gasteiger partial charge on any atom is 0.251 e. The summed E-state index contributed by atoms with van der Waals surface area (Å²) in [5.41, 5.74) is 1.54. The van der Waals surface area contributed by atoms with Crippen LogP contribution in [0.3, 0.4) is 0 Å². The van der Waals surface area contributed by atoms with E-state index in [1.54, 1.807) is 31.3 Å². The van der Waals surface area contributed by atoms with Crippen LogP contribution < -0.4 is 10.6 Å². The second-order valence-corrected chi connectivity index (χ2v) is 4.70. The molecular formula is C17H18N2O2. The van der Waals surface area contributed by atoms with Crippen LogP contribution in [-0.4, -0.2) is 24.9 Å². The van der Waals surface area contributed by atoms with Crippen molar-refractivity contribution in [3.63, 3.8) is 0 Å². The number of carbonyl (C=O) groups excluding carboxylic acids is 2. The van der Waals surface area contributed by atoms with E-state index in [1.807, 2.05) is 36.4 Å².